The van der Waals surface area contributed by atoms with Crippen LogP contribution < -0.4 is 10.6 Å². The van der Waals surface area contributed by atoms with E-state index in [-0.39, 0.29) is 22.8 Å². The van der Waals surface area contributed by atoms with Crippen LogP contribution in [0.5, 0.6) is 0 Å². The Bertz CT molecular complexity index is 1110. The van der Waals surface area contributed by atoms with Crippen molar-refractivity contribution in [2.45, 2.75) is 52.5 Å². The monoisotopic (exact) mass is 458 g/mol. The number of nitrogens with zero attached hydrogens (tertiary/aromatic N) is 2. The molecule has 164 valence electrons. The number of hydrogen-bond acceptors (Lipinski definition) is 4. The predicted molar refractivity (Wildman–Crippen MR) is 128 cm³/mol. The first kappa shape index (κ1) is 23.0. The number of thiophene rings is 1. The summed E-state index contributed by atoms with van der Waals surface area (Å²) in [4.78, 5) is 26.0. The van der Waals surface area contributed by atoms with Gasteiger partial charge in [0.05, 0.1) is 26.8 Å². The van der Waals surface area contributed by atoms with Gasteiger partial charge in [-0.15, -0.1) is 11.3 Å². The first-order valence-corrected chi connectivity index (χ1v) is 11.2. The predicted octanol–water partition coefficient (Wildman–Crippen LogP) is 6.16. The summed E-state index contributed by atoms with van der Waals surface area (Å²) in [6.07, 6.45) is 0. The number of carbonyl (C=O) groups is 2. The minimum Gasteiger partial charge on any atom is -0.320 e. The molecule has 0 bridgehead atoms. The Morgan fingerprint density at radius 3 is 2.29 bits per heavy atom. The van der Waals surface area contributed by atoms with E-state index in [2.05, 4.69) is 31.4 Å². The van der Waals surface area contributed by atoms with Gasteiger partial charge in [-0.25, -0.2) is 4.68 Å². The van der Waals surface area contributed by atoms with Crippen LogP contribution in [0.2, 0.25) is 5.02 Å². The van der Waals surface area contributed by atoms with Crippen LogP contribution >= 0.6 is 22.9 Å². The lowest BCUT2D eigenvalue weighted by Gasteiger charge is -2.23. The topological polar surface area (TPSA) is 76.0 Å². The molecule has 2 aromatic heterocycles. The first-order chi connectivity index (χ1) is 14.4. The molecular weight excluding hydrogens is 432 g/mol. The van der Waals surface area contributed by atoms with E-state index in [1.165, 1.54) is 11.3 Å². The average Bonchev–Trinajstić information content (AvgIpc) is 3.32. The van der Waals surface area contributed by atoms with E-state index in [1.807, 2.05) is 36.9 Å². The van der Waals surface area contributed by atoms with Crippen LogP contribution in [-0.2, 0) is 11.0 Å². The van der Waals surface area contributed by atoms with E-state index >= 15 is 0 Å². The quantitative estimate of drug-likeness (QED) is 0.491. The van der Waals surface area contributed by atoms with Crippen LogP contribution in [0.3, 0.4) is 0 Å². The maximum Gasteiger partial charge on any atom is 0.265 e. The maximum atomic E-state index is 13.0. The number of carbonyl (C=O) groups excluding carboxylic acids is 2. The molecule has 2 N–H and O–H groups in total. The Morgan fingerprint density at radius 2 is 1.71 bits per heavy atom. The number of anilines is 2. The van der Waals surface area contributed by atoms with Crippen LogP contribution in [-0.4, -0.2) is 21.6 Å². The van der Waals surface area contributed by atoms with E-state index in [0.29, 0.717) is 27.0 Å². The molecule has 0 fully saturated rings. The summed E-state index contributed by atoms with van der Waals surface area (Å²) in [5, 5.41) is 12.6. The van der Waals surface area contributed by atoms with E-state index in [4.69, 9.17) is 16.7 Å². The number of aromatic nitrogens is 2. The van der Waals surface area contributed by atoms with Crippen molar-refractivity contribution < 1.29 is 9.59 Å². The number of halogens is 1. The van der Waals surface area contributed by atoms with Gasteiger partial charge in [-0.3, -0.25) is 9.59 Å². The maximum absolute atomic E-state index is 13.0. The summed E-state index contributed by atoms with van der Waals surface area (Å²) < 4.78 is 1.82. The second-order valence-electron chi connectivity index (χ2n) is 9.33. The van der Waals surface area contributed by atoms with Gasteiger partial charge in [0.25, 0.3) is 11.8 Å². The Labute approximate surface area is 191 Å². The molecule has 31 heavy (non-hydrogen) atoms. The molecule has 3 rings (SSSR count). The molecule has 0 spiro atoms. The van der Waals surface area contributed by atoms with E-state index in [1.54, 1.807) is 30.3 Å². The zero-order chi connectivity index (χ0) is 23.0. The third-order valence-electron chi connectivity index (χ3n) is 4.58. The van der Waals surface area contributed by atoms with Gasteiger partial charge >= 0.3 is 0 Å². The minimum absolute atomic E-state index is 0.157. The zero-order valence-corrected chi connectivity index (χ0v) is 20.1. The SMILES string of the molecule is CC(C)(C)c1cc(NC(=O)c2ccc(Cl)c(NC(=O)c3cccs3)c2)n(C(C)(C)C)n1. The van der Waals surface area contributed by atoms with E-state index in [0.717, 1.165) is 5.69 Å². The highest BCUT2D eigenvalue weighted by Gasteiger charge is 2.26. The number of hydrogen-bond donors (Lipinski definition) is 2. The summed E-state index contributed by atoms with van der Waals surface area (Å²) >= 11 is 7.58. The Kier molecular flexibility index (Phi) is 6.30. The van der Waals surface area contributed by atoms with E-state index < -0.39 is 0 Å². The summed E-state index contributed by atoms with van der Waals surface area (Å²) in [7, 11) is 0. The van der Waals surface area contributed by atoms with Gasteiger partial charge in [-0.2, -0.15) is 5.10 Å². The molecular formula is C23H27ClN4O2S. The number of amides is 2. The largest absolute Gasteiger partial charge is 0.320 e. The van der Waals surface area contributed by atoms with Gasteiger partial charge in [0, 0.05) is 17.0 Å². The second-order valence-corrected chi connectivity index (χ2v) is 10.7. The summed E-state index contributed by atoms with van der Waals surface area (Å²) in [5.74, 6) is 0.0331. The Morgan fingerprint density at radius 1 is 1.00 bits per heavy atom. The molecule has 3 aromatic rings. The lowest BCUT2D eigenvalue weighted by atomic mass is 9.92. The Balaban J connectivity index is 1.87. The highest BCUT2D eigenvalue weighted by Crippen LogP contribution is 2.29. The average molecular weight is 459 g/mol. The molecule has 0 aliphatic heterocycles. The normalized spacial score (nSPS) is 12.0. The van der Waals surface area contributed by atoms with Crippen LogP contribution in [0.1, 0.15) is 67.3 Å². The number of benzene rings is 1. The molecule has 2 heterocycles. The fourth-order valence-corrected chi connectivity index (χ4v) is 3.67. The van der Waals surface area contributed by atoms with Crippen molar-refractivity contribution in [2.24, 2.45) is 0 Å². The van der Waals surface area contributed by atoms with Gasteiger partial charge in [0.1, 0.15) is 5.82 Å². The van der Waals surface area contributed by atoms with Crippen molar-refractivity contribution in [2.75, 3.05) is 10.6 Å². The van der Waals surface area contributed by atoms with E-state index in [9.17, 15) is 9.59 Å². The van der Waals surface area contributed by atoms with Crippen molar-refractivity contribution in [1.29, 1.82) is 0 Å². The van der Waals surface area contributed by atoms with Crippen molar-refractivity contribution >= 4 is 46.3 Å². The fraction of sp³-hybridized carbons (Fsp3) is 0.348. The van der Waals surface area contributed by atoms with Crippen LogP contribution in [0, 0.1) is 0 Å². The van der Waals surface area contributed by atoms with Crippen molar-refractivity contribution in [1.82, 2.24) is 9.78 Å². The lowest BCUT2D eigenvalue weighted by Crippen LogP contribution is -2.27. The van der Waals surface area contributed by atoms with Crippen molar-refractivity contribution in [3.8, 4) is 0 Å². The number of nitrogens with one attached hydrogen (secondary N) is 2. The summed E-state index contributed by atoms with van der Waals surface area (Å²) in [5.41, 5.74) is 1.18. The van der Waals surface area contributed by atoms with Gasteiger partial charge in [0.2, 0.25) is 0 Å². The van der Waals surface area contributed by atoms with Gasteiger partial charge in [0.15, 0.2) is 0 Å². The first-order valence-electron chi connectivity index (χ1n) is 9.93. The molecule has 6 nitrogen and oxygen atoms in total. The third-order valence-corrected chi connectivity index (χ3v) is 5.77. The molecule has 8 heteroatoms. The Hall–Kier alpha value is -2.64. The third kappa shape index (κ3) is 5.35. The summed E-state index contributed by atoms with van der Waals surface area (Å²) in [6, 6.07) is 10.2. The van der Waals surface area contributed by atoms with Crippen LogP contribution in [0.4, 0.5) is 11.5 Å². The highest BCUT2D eigenvalue weighted by molar-refractivity contribution is 7.12. The summed E-state index contributed by atoms with van der Waals surface area (Å²) in [6.45, 7) is 12.3. The molecule has 2 amide bonds. The molecule has 0 radical (unpaired) electrons. The van der Waals surface area contributed by atoms with Gasteiger partial charge in [-0.05, 0) is 50.4 Å². The molecule has 0 atom stereocenters. The van der Waals surface area contributed by atoms with Crippen molar-refractivity contribution in [3.05, 3.63) is 62.9 Å². The minimum atomic E-state index is -0.314. The van der Waals surface area contributed by atoms with Crippen molar-refractivity contribution in [3.63, 3.8) is 0 Å². The molecule has 0 aliphatic carbocycles. The fourth-order valence-electron chi connectivity index (χ4n) is 2.89. The standard InChI is InChI=1S/C23H27ClN4O2S/c1-22(2,3)18-13-19(28(27-18)23(4,5)6)26-20(29)14-9-10-15(24)16(12-14)25-21(30)17-8-7-11-31-17/h7-13H,1-6H3,(H,25,30)(H,26,29). The van der Waals surface area contributed by atoms with Gasteiger partial charge < -0.3 is 10.6 Å². The molecule has 0 aliphatic rings. The van der Waals surface area contributed by atoms with Crippen LogP contribution in [0.25, 0.3) is 0 Å². The molecule has 0 saturated heterocycles. The molecule has 0 unspecified atom stereocenters. The van der Waals surface area contributed by atoms with Crippen LogP contribution in [0.15, 0.2) is 41.8 Å². The molecule has 0 saturated carbocycles. The second kappa shape index (κ2) is 8.48. The molecule has 1 aromatic carbocycles. The zero-order valence-electron chi connectivity index (χ0n) is 18.5. The lowest BCUT2D eigenvalue weighted by molar-refractivity contribution is 0.101. The number of rotatable bonds is 4. The van der Waals surface area contributed by atoms with Gasteiger partial charge in [-0.1, -0.05) is 38.4 Å². The smallest absolute Gasteiger partial charge is 0.265 e. The highest BCUT2D eigenvalue weighted by atomic mass is 35.5.